The molecule has 0 amide bonds. The van der Waals surface area contributed by atoms with Gasteiger partial charge in [0.05, 0.1) is 18.3 Å². The highest BCUT2D eigenvalue weighted by Gasteiger charge is 2.50. The van der Waals surface area contributed by atoms with Gasteiger partial charge in [-0.05, 0) is 39.7 Å². The Balaban J connectivity index is 1.42. The molecular weight excluding hydrogens is 500 g/mol. The van der Waals surface area contributed by atoms with Gasteiger partial charge in [-0.2, -0.15) is 0 Å². The minimum Gasteiger partial charge on any atom is -0.405 e. The van der Waals surface area contributed by atoms with Gasteiger partial charge in [0, 0.05) is 11.1 Å². The molecule has 1 saturated heterocycles. The van der Waals surface area contributed by atoms with Crippen molar-refractivity contribution in [2.24, 2.45) is 0 Å². The molecule has 2 aromatic carbocycles. The quantitative estimate of drug-likeness (QED) is 0.355. The Morgan fingerprint density at radius 1 is 0.973 bits per heavy atom. The SMILES string of the molecule is CC(C)(C)[Si](OC[C@@H]1CC[C@@H](n2cc(-c3cccs3)c(=O)[nH]c2=O)O1)(c1ccccc1)c1ccccc1. The van der Waals surface area contributed by atoms with Crippen LogP contribution in [0.25, 0.3) is 10.4 Å². The Labute approximate surface area is 221 Å². The first-order chi connectivity index (χ1) is 17.8. The number of thiophene rings is 1. The van der Waals surface area contributed by atoms with E-state index in [0.29, 0.717) is 18.6 Å². The minimum atomic E-state index is -2.68. The van der Waals surface area contributed by atoms with Crippen LogP contribution < -0.4 is 21.6 Å². The topological polar surface area (TPSA) is 73.3 Å². The summed E-state index contributed by atoms with van der Waals surface area (Å²) in [7, 11) is -2.68. The molecule has 4 aromatic rings. The van der Waals surface area contributed by atoms with E-state index in [-0.39, 0.29) is 16.7 Å². The van der Waals surface area contributed by atoms with E-state index in [2.05, 4.69) is 74.3 Å². The predicted octanol–water partition coefficient (Wildman–Crippen LogP) is 4.52. The number of benzene rings is 2. The van der Waals surface area contributed by atoms with Crippen LogP contribution in [-0.2, 0) is 9.16 Å². The van der Waals surface area contributed by atoms with Crippen molar-refractivity contribution in [3.05, 3.63) is 105 Å². The molecule has 1 aliphatic heterocycles. The lowest BCUT2D eigenvalue weighted by atomic mass is 10.2. The van der Waals surface area contributed by atoms with Crippen molar-refractivity contribution >= 4 is 30.0 Å². The van der Waals surface area contributed by atoms with Crippen LogP contribution in [0.3, 0.4) is 0 Å². The summed E-state index contributed by atoms with van der Waals surface area (Å²) in [6.45, 7) is 7.19. The first kappa shape index (κ1) is 25.6. The third-order valence-corrected chi connectivity index (χ3v) is 13.0. The highest BCUT2D eigenvalue weighted by molar-refractivity contribution is 7.13. The van der Waals surface area contributed by atoms with Gasteiger partial charge in [0.2, 0.25) is 0 Å². The zero-order valence-electron chi connectivity index (χ0n) is 21.3. The highest BCUT2D eigenvalue weighted by atomic mass is 32.1. The summed E-state index contributed by atoms with van der Waals surface area (Å²) in [4.78, 5) is 28.4. The molecule has 0 unspecified atom stereocenters. The highest BCUT2D eigenvalue weighted by Crippen LogP contribution is 2.38. The third kappa shape index (κ3) is 4.94. The molecule has 1 N–H and O–H groups in total. The molecule has 1 aliphatic rings. The van der Waals surface area contributed by atoms with Crippen LogP contribution in [0, 0.1) is 0 Å². The number of hydrogen-bond donors (Lipinski definition) is 1. The number of aromatic amines is 1. The fourth-order valence-electron chi connectivity index (χ4n) is 5.30. The Bertz CT molecular complexity index is 1400. The Morgan fingerprint density at radius 2 is 1.62 bits per heavy atom. The van der Waals surface area contributed by atoms with Gasteiger partial charge in [-0.3, -0.25) is 14.3 Å². The van der Waals surface area contributed by atoms with Crippen LogP contribution in [0.2, 0.25) is 5.04 Å². The predicted molar refractivity (Wildman–Crippen MR) is 151 cm³/mol. The van der Waals surface area contributed by atoms with Gasteiger partial charge in [0.25, 0.3) is 13.9 Å². The van der Waals surface area contributed by atoms with Gasteiger partial charge in [-0.15, -0.1) is 11.3 Å². The van der Waals surface area contributed by atoms with Crippen LogP contribution >= 0.6 is 11.3 Å². The van der Waals surface area contributed by atoms with E-state index in [1.807, 2.05) is 29.6 Å². The average Bonchev–Trinajstić information content (AvgIpc) is 3.58. The maximum absolute atomic E-state index is 12.7. The van der Waals surface area contributed by atoms with E-state index < -0.39 is 20.2 Å². The zero-order valence-corrected chi connectivity index (χ0v) is 23.2. The van der Waals surface area contributed by atoms with E-state index in [4.69, 9.17) is 9.16 Å². The van der Waals surface area contributed by atoms with Gasteiger partial charge in [-0.25, -0.2) is 4.79 Å². The molecule has 8 heteroatoms. The Hall–Kier alpha value is -3.04. The molecule has 3 heterocycles. The second-order valence-corrected chi connectivity index (χ2v) is 15.7. The molecular formula is C29H32N2O4SSi. The number of ether oxygens (including phenoxy) is 1. The third-order valence-electron chi connectivity index (χ3n) is 7.05. The Kier molecular flexibility index (Phi) is 7.18. The summed E-state index contributed by atoms with van der Waals surface area (Å²) in [5.41, 5.74) is -0.359. The first-order valence-electron chi connectivity index (χ1n) is 12.6. The van der Waals surface area contributed by atoms with Gasteiger partial charge in [-0.1, -0.05) is 87.5 Å². The Morgan fingerprint density at radius 3 is 2.19 bits per heavy atom. The summed E-state index contributed by atoms with van der Waals surface area (Å²) in [6.07, 6.45) is 2.46. The minimum absolute atomic E-state index is 0.126. The van der Waals surface area contributed by atoms with Gasteiger partial charge in [0.15, 0.2) is 0 Å². The fourth-order valence-corrected chi connectivity index (χ4v) is 10.6. The summed E-state index contributed by atoms with van der Waals surface area (Å²) < 4.78 is 14.9. The molecule has 5 rings (SSSR count). The smallest absolute Gasteiger partial charge is 0.330 e. The molecule has 192 valence electrons. The second-order valence-electron chi connectivity index (χ2n) is 10.5. The second kappa shape index (κ2) is 10.4. The molecule has 0 radical (unpaired) electrons. The van der Waals surface area contributed by atoms with Crippen molar-refractivity contribution in [2.75, 3.05) is 6.61 Å². The average molecular weight is 533 g/mol. The summed E-state index contributed by atoms with van der Waals surface area (Å²) in [5.74, 6) is 0. The van der Waals surface area contributed by atoms with Crippen LogP contribution in [0.1, 0.15) is 39.8 Å². The van der Waals surface area contributed by atoms with Crippen molar-refractivity contribution in [3.63, 3.8) is 0 Å². The van der Waals surface area contributed by atoms with Crippen LogP contribution in [-0.4, -0.2) is 30.6 Å². The fraction of sp³-hybridized carbons (Fsp3) is 0.310. The number of H-pyrrole nitrogens is 1. The first-order valence-corrected chi connectivity index (χ1v) is 15.4. The van der Waals surface area contributed by atoms with E-state index in [9.17, 15) is 9.59 Å². The van der Waals surface area contributed by atoms with E-state index in [1.165, 1.54) is 26.3 Å². The van der Waals surface area contributed by atoms with Gasteiger partial charge >= 0.3 is 5.69 Å². The van der Waals surface area contributed by atoms with Crippen molar-refractivity contribution in [1.29, 1.82) is 0 Å². The number of nitrogens with zero attached hydrogens (tertiary/aromatic N) is 1. The number of hydrogen-bond acceptors (Lipinski definition) is 5. The number of rotatable bonds is 7. The van der Waals surface area contributed by atoms with Crippen LogP contribution in [0.15, 0.2) is 94.0 Å². The van der Waals surface area contributed by atoms with E-state index >= 15 is 0 Å². The lowest BCUT2D eigenvalue weighted by Gasteiger charge is -2.43. The molecule has 0 bridgehead atoms. The van der Waals surface area contributed by atoms with Crippen molar-refractivity contribution in [2.45, 2.75) is 51.0 Å². The lowest BCUT2D eigenvalue weighted by Crippen LogP contribution is -2.67. The standard InChI is InChI=1S/C29H32N2O4SSi/c1-29(2,3)37(22-11-6-4-7-12-22,23-13-8-5-9-14-23)34-20-21-16-17-26(35-21)31-19-24(25-15-10-18-36-25)27(32)30-28(31)33/h4-15,18-19,21,26H,16-17,20H2,1-3H3,(H,30,32,33)/t21-,26-/m0/s1. The number of aromatic nitrogens is 2. The molecule has 0 spiro atoms. The van der Waals surface area contributed by atoms with E-state index in [0.717, 1.165) is 11.3 Å². The van der Waals surface area contributed by atoms with Crippen molar-refractivity contribution < 1.29 is 9.16 Å². The normalized spacial score (nSPS) is 18.2. The number of nitrogens with one attached hydrogen (secondary N) is 1. The van der Waals surface area contributed by atoms with Crippen LogP contribution in [0.5, 0.6) is 0 Å². The lowest BCUT2D eigenvalue weighted by molar-refractivity contribution is -0.0215. The summed E-state index contributed by atoms with van der Waals surface area (Å²) in [6, 6.07) is 24.8. The van der Waals surface area contributed by atoms with Crippen molar-refractivity contribution in [3.8, 4) is 10.4 Å². The largest absolute Gasteiger partial charge is 0.405 e. The maximum Gasteiger partial charge on any atom is 0.330 e. The molecule has 2 atom stereocenters. The zero-order chi connectivity index (χ0) is 26.0. The molecule has 37 heavy (non-hydrogen) atoms. The maximum atomic E-state index is 12.7. The van der Waals surface area contributed by atoms with Gasteiger partial charge < -0.3 is 9.16 Å². The van der Waals surface area contributed by atoms with Crippen LogP contribution in [0.4, 0.5) is 0 Å². The molecule has 0 saturated carbocycles. The molecule has 2 aromatic heterocycles. The van der Waals surface area contributed by atoms with Gasteiger partial charge in [0.1, 0.15) is 6.23 Å². The van der Waals surface area contributed by atoms with E-state index in [1.54, 1.807) is 6.20 Å². The molecule has 0 aliphatic carbocycles. The monoisotopic (exact) mass is 532 g/mol. The molecule has 6 nitrogen and oxygen atoms in total. The van der Waals surface area contributed by atoms with Crippen molar-refractivity contribution in [1.82, 2.24) is 9.55 Å². The summed E-state index contributed by atoms with van der Waals surface area (Å²) >= 11 is 1.47. The molecule has 1 fully saturated rings. The summed E-state index contributed by atoms with van der Waals surface area (Å²) in [5, 5.41) is 4.23.